The van der Waals surface area contributed by atoms with E-state index >= 15 is 0 Å². The van der Waals surface area contributed by atoms with Crippen LogP contribution in [0.4, 0.5) is 0 Å². The average Bonchev–Trinajstić information content (AvgIpc) is 2.27. The first-order valence-electron chi connectivity index (χ1n) is 5.51. The Morgan fingerprint density at radius 3 is 2.75 bits per heavy atom. The van der Waals surface area contributed by atoms with Gasteiger partial charge in [0.1, 0.15) is 5.70 Å². The smallest absolute Gasteiger partial charge is 0.352 e. The van der Waals surface area contributed by atoms with Gasteiger partial charge in [0.15, 0.2) is 0 Å². The molecule has 0 spiro atoms. The maximum Gasteiger partial charge on any atom is 0.352 e. The summed E-state index contributed by atoms with van der Waals surface area (Å²) < 4.78 is 0. The number of amides is 1. The van der Waals surface area contributed by atoms with Crippen LogP contribution in [0.2, 0.25) is 0 Å². The number of carbonyl (C=O) groups is 2. The molecule has 0 aliphatic heterocycles. The van der Waals surface area contributed by atoms with Gasteiger partial charge in [-0.15, -0.1) is 0 Å². The van der Waals surface area contributed by atoms with E-state index in [1.807, 2.05) is 0 Å². The van der Waals surface area contributed by atoms with Gasteiger partial charge in [-0.05, 0) is 32.6 Å². The Morgan fingerprint density at radius 2 is 2.25 bits per heavy atom. The van der Waals surface area contributed by atoms with E-state index in [1.165, 1.54) is 12.5 Å². The fourth-order valence-electron chi connectivity index (χ4n) is 1.71. The molecule has 88 valence electrons. The summed E-state index contributed by atoms with van der Waals surface area (Å²) in [6.45, 7) is 1.59. The van der Waals surface area contributed by atoms with E-state index in [1.54, 1.807) is 6.92 Å². The van der Waals surface area contributed by atoms with Crippen LogP contribution in [-0.2, 0) is 9.59 Å². The first-order chi connectivity index (χ1) is 7.63. The van der Waals surface area contributed by atoms with Crippen molar-refractivity contribution in [3.8, 4) is 0 Å². The van der Waals surface area contributed by atoms with Crippen LogP contribution in [-0.4, -0.2) is 17.0 Å². The van der Waals surface area contributed by atoms with Crippen LogP contribution in [0, 0.1) is 0 Å². The molecule has 0 atom stereocenters. The fraction of sp³-hybridized carbons (Fsp3) is 0.500. The van der Waals surface area contributed by atoms with Gasteiger partial charge in [0.2, 0.25) is 5.91 Å². The van der Waals surface area contributed by atoms with Gasteiger partial charge < -0.3 is 10.4 Å². The molecule has 4 nitrogen and oxygen atoms in total. The molecule has 0 aromatic rings. The van der Waals surface area contributed by atoms with E-state index in [4.69, 9.17) is 5.11 Å². The van der Waals surface area contributed by atoms with Gasteiger partial charge in [-0.1, -0.05) is 17.7 Å². The van der Waals surface area contributed by atoms with E-state index in [2.05, 4.69) is 11.4 Å². The van der Waals surface area contributed by atoms with Crippen molar-refractivity contribution in [1.82, 2.24) is 5.32 Å². The van der Waals surface area contributed by atoms with Gasteiger partial charge in [0.25, 0.3) is 0 Å². The van der Waals surface area contributed by atoms with Crippen molar-refractivity contribution in [2.45, 2.75) is 39.0 Å². The second-order valence-corrected chi connectivity index (χ2v) is 3.84. The molecule has 0 unspecified atom stereocenters. The van der Waals surface area contributed by atoms with Crippen molar-refractivity contribution in [3.05, 3.63) is 23.4 Å². The topological polar surface area (TPSA) is 66.4 Å². The summed E-state index contributed by atoms with van der Waals surface area (Å²) in [5.74, 6) is -1.35. The van der Waals surface area contributed by atoms with Crippen molar-refractivity contribution in [2.24, 2.45) is 0 Å². The third kappa shape index (κ3) is 3.88. The van der Waals surface area contributed by atoms with Gasteiger partial charge in [-0.2, -0.15) is 0 Å². The first kappa shape index (κ1) is 12.5. The zero-order valence-corrected chi connectivity index (χ0v) is 9.45. The summed E-state index contributed by atoms with van der Waals surface area (Å²) in [6, 6.07) is 0. The minimum absolute atomic E-state index is 0.0543. The van der Waals surface area contributed by atoms with Crippen molar-refractivity contribution in [1.29, 1.82) is 0 Å². The minimum Gasteiger partial charge on any atom is -0.477 e. The molecule has 1 amide bonds. The number of carboxylic acids is 1. The Hall–Kier alpha value is -1.58. The lowest BCUT2D eigenvalue weighted by Gasteiger charge is -2.12. The number of nitrogens with one attached hydrogen (secondary N) is 1. The minimum atomic E-state index is -1.10. The number of allylic oxidation sites excluding steroid dienone is 2. The Balaban J connectivity index is 2.46. The molecule has 0 fully saturated rings. The maximum atomic E-state index is 11.5. The normalized spacial score (nSPS) is 16.6. The van der Waals surface area contributed by atoms with Gasteiger partial charge in [0.05, 0.1) is 0 Å². The fourth-order valence-corrected chi connectivity index (χ4v) is 1.71. The highest BCUT2D eigenvalue weighted by molar-refractivity contribution is 5.93. The molecule has 1 aliphatic rings. The van der Waals surface area contributed by atoms with Crippen LogP contribution in [0.1, 0.15) is 39.0 Å². The molecule has 0 aromatic carbocycles. The molecule has 0 heterocycles. The van der Waals surface area contributed by atoms with Crippen LogP contribution in [0.25, 0.3) is 0 Å². The number of hydrogen-bond donors (Lipinski definition) is 2. The third-order valence-corrected chi connectivity index (χ3v) is 2.57. The highest BCUT2D eigenvalue weighted by atomic mass is 16.4. The molecule has 0 radical (unpaired) electrons. The van der Waals surface area contributed by atoms with Crippen molar-refractivity contribution in [2.75, 3.05) is 0 Å². The average molecular weight is 223 g/mol. The molecule has 1 aliphatic carbocycles. The van der Waals surface area contributed by atoms with Crippen LogP contribution < -0.4 is 5.32 Å². The Morgan fingerprint density at radius 1 is 1.50 bits per heavy atom. The lowest BCUT2D eigenvalue weighted by molar-refractivity contribution is -0.134. The summed E-state index contributed by atoms with van der Waals surface area (Å²) in [5.41, 5.74) is 1.06. The molecular weight excluding hydrogens is 206 g/mol. The largest absolute Gasteiger partial charge is 0.477 e. The quantitative estimate of drug-likeness (QED) is 0.565. The third-order valence-electron chi connectivity index (χ3n) is 2.57. The molecule has 16 heavy (non-hydrogen) atoms. The van der Waals surface area contributed by atoms with Crippen LogP contribution in [0.5, 0.6) is 0 Å². The van der Waals surface area contributed by atoms with Crippen molar-refractivity contribution < 1.29 is 14.7 Å². The molecule has 0 saturated carbocycles. The number of rotatable bonds is 4. The number of aliphatic carboxylic acids is 1. The number of carbonyl (C=O) groups excluding carboxylic acids is 1. The summed E-state index contributed by atoms with van der Waals surface area (Å²) in [5, 5.41) is 11.1. The number of hydrogen-bond acceptors (Lipinski definition) is 2. The Labute approximate surface area is 95.0 Å². The Bertz CT molecular complexity index is 342. The van der Waals surface area contributed by atoms with Gasteiger partial charge in [-0.25, -0.2) is 4.79 Å². The van der Waals surface area contributed by atoms with Crippen molar-refractivity contribution >= 4 is 11.9 Å². The monoisotopic (exact) mass is 223 g/mol. The summed E-state index contributed by atoms with van der Waals surface area (Å²) in [4.78, 5) is 22.2. The summed E-state index contributed by atoms with van der Waals surface area (Å²) in [6.07, 6.45) is 8.05. The van der Waals surface area contributed by atoms with Gasteiger partial charge in [-0.3, -0.25) is 4.79 Å². The zero-order chi connectivity index (χ0) is 12.0. The first-order valence-corrected chi connectivity index (χ1v) is 5.51. The van der Waals surface area contributed by atoms with Crippen LogP contribution >= 0.6 is 0 Å². The van der Waals surface area contributed by atoms with E-state index in [-0.39, 0.29) is 11.6 Å². The van der Waals surface area contributed by atoms with Crippen LogP contribution in [0.3, 0.4) is 0 Å². The van der Waals surface area contributed by atoms with Crippen LogP contribution in [0.15, 0.2) is 23.4 Å². The van der Waals surface area contributed by atoms with Crippen molar-refractivity contribution in [3.63, 3.8) is 0 Å². The second kappa shape index (κ2) is 6.10. The molecule has 0 aromatic heterocycles. The summed E-state index contributed by atoms with van der Waals surface area (Å²) >= 11 is 0. The van der Waals surface area contributed by atoms with E-state index in [0.29, 0.717) is 6.42 Å². The standard InChI is InChI=1S/C12H17NO3/c1-2-10(12(15)16)13-11(14)8-9-6-4-3-5-7-9/h2,6H,3-5,7-8H2,1H3,(H,13,14)(H,15,16)/b10-2-. The van der Waals surface area contributed by atoms with E-state index in [9.17, 15) is 9.59 Å². The van der Waals surface area contributed by atoms with E-state index < -0.39 is 5.97 Å². The molecular formula is C12H17NO3. The number of carboxylic acid groups (broad SMARTS) is 1. The lowest BCUT2D eigenvalue weighted by Crippen LogP contribution is -2.27. The lowest BCUT2D eigenvalue weighted by atomic mass is 9.97. The predicted molar refractivity (Wildman–Crippen MR) is 60.7 cm³/mol. The van der Waals surface area contributed by atoms with Gasteiger partial charge in [0, 0.05) is 6.42 Å². The highest BCUT2D eigenvalue weighted by Crippen LogP contribution is 2.19. The predicted octanol–water partition coefficient (Wildman–Crippen LogP) is 1.98. The maximum absolute atomic E-state index is 11.5. The SMILES string of the molecule is C/C=C(\NC(=O)CC1=CCCCC1)C(=O)O. The molecule has 0 saturated heterocycles. The molecule has 4 heteroatoms. The Kier molecular flexibility index (Phi) is 4.76. The molecule has 0 bridgehead atoms. The highest BCUT2D eigenvalue weighted by Gasteiger charge is 2.12. The van der Waals surface area contributed by atoms with E-state index in [0.717, 1.165) is 24.8 Å². The van der Waals surface area contributed by atoms with Gasteiger partial charge >= 0.3 is 5.97 Å². The molecule has 1 rings (SSSR count). The molecule has 2 N–H and O–H groups in total. The zero-order valence-electron chi connectivity index (χ0n) is 9.45. The summed E-state index contributed by atoms with van der Waals surface area (Å²) in [7, 11) is 0. The second-order valence-electron chi connectivity index (χ2n) is 3.84.